The quantitative estimate of drug-likeness (QED) is 0.645. The molecule has 0 amide bonds. The SMILES string of the molecule is NC([C]=O)c1ccccc1O. The fourth-order valence-corrected chi connectivity index (χ4v) is 0.814. The Kier molecular flexibility index (Phi) is 2.23. The van der Waals surface area contributed by atoms with Crippen molar-refractivity contribution in [2.45, 2.75) is 6.04 Å². The molecule has 3 N–H and O–H groups in total. The van der Waals surface area contributed by atoms with E-state index >= 15 is 0 Å². The molecular weight excluding hydrogens is 142 g/mol. The van der Waals surface area contributed by atoms with Crippen LogP contribution in [0.15, 0.2) is 24.3 Å². The van der Waals surface area contributed by atoms with Crippen molar-refractivity contribution < 1.29 is 9.90 Å². The Morgan fingerprint density at radius 2 is 2.09 bits per heavy atom. The van der Waals surface area contributed by atoms with Crippen molar-refractivity contribution in [3.8, 4) is 5.75 Å². The van der Waals surface area contributed by atoms with Crippen molar-refractivity contribution in [2.24, 2.45) is 5.73 Å². The fraction of sp³-hybridized carbons (Fsp3) is 0.125. The Balaban J connectivity index is 3.02. The minimum absolute atomic E-state index is 0.0309. The highest BCUT2D eigenvalue weighted by Gasteiger charge is 2.08. The normalized spacial score (nSPS) is 12.5. The first-order chi connectivity index (χ1) is 5.25. The Morgan fingerprint density at radius 1 is 1.45 bits per heavy atom. The average molecular weight is 150 g/mol. The molecule has 11 heavy (non-hydrogen) atoms. The molecule has 0 aliphatic carbocycles. The van der Waals surface area contributed by atoms with Crippen LogP contribution >= 0.6 is 0 Å². The number of para-hydroxylation sites is 1. The molecule has 1 rings (SSSR count). The van der Waals surface area contributed by atoms with Gasteiger partial charge in [-0.15, -0.1) is 0 Å². The molecule has 0 aliphatic rings. The first-order valence-corrected chi connectivity index (χ1v) is 3.17. The molecule has 3 nitrogen and oxygen atoms in total. The van der Waals surface area contributed by atoms with E-state index in [1.807, 2.05) is 0 Å². The molecule has 0 heterocycles. The molecule has 1 atom stereocenters. The lowest BCUT2D eigenvalue weighted by atomic mass is 10.1. The summed E-state index contributed by atoms with van der Waals surface area (Å²) in [4.78, 5) is 10.1. The molecule has 0 bridgehead atoms. The number of phenols is 1. The van der Waals surface area contributed by atoms with Crippen LogP contribution in [0.3, 0.4) is 0 Å². The van der Waals surface area contributed by atoms with E-state index in [0.29, 0.717) is 5.56 Å². The lowest BCUT2D eigenvalue weighted by Crippen LogP contribution is -2.10. The minimum Gasteiger partial charge on any atom is -0.508 e. The van der Waals surface area contributed by atoms with Gasteiger partial charge in [-0.2, -0.15) is 0 Å². The van der Waals surface area contributed by atoms with E-state index in [1.165, 1.54) is 6.07 Å². The number of carbonyl (C=O) groups excluding carboxylic acids is 1. The van der Waals surface area contributed by atoms with Gasteiger partial charge in [0, 0.05) is 5.56 Å². The van der Waals surface area contributed by atoms with Crippen LogP contribution in [-0.2, 0) is 4.79 Å². The Morgan fingerprint density at radius 3 is 2.64 bits per heavy atom. The first-order valence-electron chi connectivity index (χ1n) is 3.17. The number of rotatable bonds is 2. The molecule has 0 spiro atoms. The second kappa shape index (κ2) is 3.16. The summed E-state index contributed by atoms with van der Waals surface area (Å²) in [5.41, 5.74) is 5.72. The van der Waals surface area contributed by atoms with E-state index < -0.39 is 6.04 Å². The molecule has 1 unspecified atom stereocenters. The predicted octanol–water partition coefficient (Wildman–Crippen LogP) is 0.502. The van der Waals surface area contributed by atoms with Crippen LogP contribution in [-0.4, -0.2) is 11.4 Å². The standard InChI is InChI=1S/C8H8NO2/c9-7(5-10)6-3-1-2-4-8(6)11/h1-4,7,11H,9H2. The summed E-state index contributed by atoms with van der Waals surface area (Å²) in [6.07, 6.45) is 1.59. The van der Waals surface area contributed by atoms with Gasteiger partial charge in [0.25, 0.3) is 0 Å². The Bertz CT molecular complexity index is 260. The van der Waals surface area contributed by atoms with Gasteiger partial charge in [-0.05, 0) is 6.07 Å². The van der Waals surface area contributed by atoms with Crippen LogP contribution in [0.1, 0.15) is 11.6 Å². The fourth-order valence-electron chi connectivity index (χ4n) is 0.814. The van der Waals surface area contributed by atoms with Gasteiger partial charge >= 0.3 is 0 Å². The number of hydrogen-bond donors (Lipinski definition) is 2. The summed E-state index contributed by atoms with van der Waals surface area (Å²) in [6.45, 7) is 0. The van der Waals surface area contributed by atoms with Gasteiger partial charge in [0.1, 0.15) is 11.8 Å². The maximum absolute atomic E-state index is 10.1. The molecule has 0 aromatic heterocycles. The third-order valence-electron chi connectivity index (χ3n) is 1.40. The van der Waals surface area contributed by atoms with Crippen LogP contribution < -0.4 is 5.73 Å². The highest BCUT2D eigenvalue weighted by molar-refractivity contribution is 5.63. The van der Waals surface area contributed by atoms with Crippen LogP contribution in [0.5, 0.6) is 5.75 Å². The van der Waals surface area contributed by atoms with Gasteiger partial charge in [0.15, 0.2) is 0 Å². The molecule has 0 saturated carbocycles. The molecule has 3 heteroatoms. The largest absolute Gasteiger partial charge is 0.508 e. The monoisotopic (exact) mass is 150 g/mol. The summed E-state index contributed by atoms with van der Waals surface area (Å²) >= 11 is 0. The highest BCUT2D eigenvalue weighted by Crippen LogP contribution is 2.19. The second-order valence-electron chi connectivity index (χ2n) is 2.15. The summed E-state index contributed by atoms with van der Waals surface area (Å²) < 4.78 is 0. The van der Waals surface area contributed by atoms with E-state index in [1.54, 1.807) is 24.5 Å². The zero-order valence-corrected chi connectivity index (χ0v) is 5.82. The number of aromatic hydroxyl groups is 1. The molecule has 0 saturated heterocycles. The summed E-state index contributed by atoms with van der Waals surface area (Å²) in [5.74, 6) is 0.0309. The lowest BCUT2D eigenvalue weighted by Gasteiger charge is -2.04. The third-order valence-corrected chi connectivity index (χ3v) is 1.40. The number of nitrogens with two attached hydrogens (primary N) is 1. The number of phenolic OH excluding ortho intramolecular Hbond substituents is 1. The maximum Gasteiger partial charge on any atom is 0.221 e. The Hall–Kier alpha value is -1.35. The van der Waals surface area contributed by atoms with E-state index in [4.69, 9.17) is 10.8 Å². The van der Waals surface area contributed by atoms with Crippen molar-refractivity contribution in [3.63, 3.8) is 0 Å². The smallest absolute Gasteiger partial charge is 0.221 e. The molecule has 1 aromatic rings. The van der Waals surface area contributed by atoms with Crippen LogP contribution in [0.2, 0.25) is 0 Å². The average Bonchev–Trinajstić information content (AvgIpc) is 2.04. The summed E-state index contributed by atoms with van der Waals surface area (Å²) in [5, 5.41) is 9.15. The van der Waals surface area contributed by atoms with Crippen LogP contribution in [0, 0.1) is 0 Å². The lowest BCUT2D eigenvalue weighted by molar-refractivity contribution is 0.464. The van der Waals surface area contributed by atoms with Crippen molar-refractivity contribution in [2.75, 3.05) is 0 Å². The third kappa shape index (κ3) is 1.56. The van der Waals surface area contributed by atoms with Gasteiger partial charge in [-0.1, -0.05) is 18.2 Å². The van der Waals surface area contributed by atoms with Gasteiger partial charge in [-0.25, -0.2) is 0 Å². The summed E-state index contributed by atoms with van der Waals surface area (Å²) in [7, 11) is 0. The zero-order chi connectivity index (χ0) is 8.27. The van der Waals surface area contributed by atoms with E-state index in [9.17, 15) is 4.79 Å². The van der Waals surface area contributed by atoms with Crippen molar-refractivity contribution >= 4 is 6.29 Å². The summed E-state index contributed by atoms with van der Waals surface area (Å²) in [6, 6.07) is 5.58. The van der Waals surface area contributed by atoms with E-state index in [0.717, 1.165) is 0 Å². The number of benzene rings is 1. The molecule has 0 fully saturated rings. The van der Waals surface area contributed by atoms with Crippen molar-refractivity contribution in [1.29, 1.82) is 0 Å². The first kappa shape index (κ1) is 7.75. The maximum atomic E-state index is 10.1. The molecule has 0 aliphatic heterocycles. The van der Waals surface area contributed by atoms with Gasteiger partial charge in [0.2, 0.25) is 6.29 Å². The molecular formula is C8H8NO2. The minimum atomic E-state index is -0.851. The van der Waals surface area contributed by atoms with Gasteiger partial charge in [-0.3, -0.25) is 4.79 Å². The predicted molar refractivity (Wildman–Crippen MR) is 40.7 cm³/mol. The van der Waals surface area contributed by atoms with Crippen molar-refractivity contribution in [1.82, 2.24) is 0 Å². The second-order valence-corrected chi connectivity index (χ2v) is 2.15. The van der Waals surface area contributed by atoms with Crippen LogP contribution in [0.25, 0.3) is 0 Å². The molecule has 1 radical (unpaired) electrons. The highest BCUT2D eigenvalue weighted by atomic mass is 16.3. The zero-order valence-electron chi connectivity index (χ0n) is 5.82. The topological polar surface area (TPSA) is 63.3 Å². The van der Waals surface area contributed by atoms with E-state index in [-0.39, 0.29) is 5.75 Å². The van der Waals surface area contributed by atoms with Gasteiger partial charge < -0.3 is 10.8 Å². The number of hydrogen-bond acceptors (Lipinski definition) is 3. The molecule has 1 aromatic carbocycles. The van der Waals surface area contributed by atoms with E-state index in [2.05, 4.69) is 0 Å². The van der Waals surface area contributed by atoms with Crippen LogP contribution in [0.4, 0.5) is 0 Å². The van der Waals surface area contributed by atoms with Gasteiger partial charge in [0.05, 0.1) is 0 Å². The van der Waals surface area contributed by atoms with Crippen molar-refractivity contribution in [3.05, 3.63) is 29.8 Å². The Labute approximate surface area is 64.5 Å². The molecule has 57 valence electrons.